The Hall–Kier alpha value is -1.16. The van der Waals surface area contributed by atoms with Gasteiger partial charge in [-0.3, -0.25) is 4.79 Å². The number of hydrogen-bond acceptors (Lipinski definition) is 4. The molecule has 0 spiro atoms. The number of rotatable bonds is 1. The second-order valence-corrected chi connectivity index (χ2v) is 7.02. The molecule has 0 saturated heterocycles. The highest BCUT2D eigenvalue weighted by Gasteiger charge is 2.70. The summed E-state index contributed by atoms with van der Waals surface area (Å²) in [5, 5.41) is 0. The molecule has 2 saturated carbocycles. The summed E-state index contributed by atoms with van der Waals surface area (Å²) in [4.78, 5) is 24.4. The Balaban J connectivity index is 2.19. The Labute approximate surface area is 119 Å². The summed E-state index contributed by atoms with van der Waals surface area (Å²) in [6.07, 6.45) is 2.68. The predicted molar refractivity (Wildman–Crippen MR) is 72.7 cm³/mol. The lowest BCUT2D eigenvalue weighted by Gasteiger charge is -2.55. The fourth-order valence-electron chi connectivity index (χ4n) is 4.75. The van der Waals surface area contributed by atoms with E-state index in [1.54, 1.807) is 7.11 Å². The van der Waals surface area contributed by atoms with Gasteiger partial charge in [0.25, 0.3) is 0 Å². The van der Waals surface area contributed by atoms with Crippen molar-refractivity contribution in [3.05, 3.63) is 11.6 Å². The van der Waals surface area contributed by atoms with Gasteiger partial charge < -0.3 is 9.47 Å². The zero-order valence-electron chi connectivity index (χ0n) is 12.8. The molecule has 110 valence electrons. The fourth-order valence-corrected chi connectivity index (χ4v) is 4.75. The first-order chi connectivity index (χ1) is 9.21. The summed E-state index contributed by atoms with van der Waals surface area (Å²) in [5.41, 5.74) is 0.155. The molecule has 0 N–H and O–H groups in total. The first-order valence-corrected chi connectivity index (χ1v) is 7.25. The molecule has 2 fully saturated rings. The van der Waals surface area contributed by atoms with E-state index < -0.39 is 11.2 Å². The molecule has 0 aromatic heterocycles. The van der Waals surface area contributed by atoms with Crippen molar-refractivity contribution in [3.63, 3.8) is 0 Å². The summed E-state index contributed by atoms with van der Waals surface area (Å²) in [6.45, 7) is 8.33. The SMILES string of the molecule is CO[C@@]12C[C@@]3(C)[C@H](C)CC(=O)[C@@]3(C)[C@H](C)C1=CC(=O)O2. The lowest BCUT2D eigenvalue weighted by atomic mass is 9.50. The van der Waals surface area contributed by atoms with Gasteiger partial charge in [0.15, 0.2) is 0 Å². The molecule has 3 rings (SSSR count). The van der Waals surface area contributed by atoms with Crippen LogP contribution in [0.3, 0.4) is 0 Å². The van der Waals surface area contributed by atoms with Gasteiger partial charge in [-0.25, -0.2) is 4.79 Å². The van der Waals surface area contributed by atoms with Crippen LogP contribution in [0.5, 0.6) is 0 Å². The highest BCUT2D eigenvalue weighted by Crippen LogP contribution is 2.68. The maximum absolute atomic E-state index is 12.6. The standard InChI is InChI=1S/C16H22O4/c1-9-6-12(17)15(4)10(2)11-7-13(18)20-16(11,19-5)8-14(9,15)3/h7,9-10H,6,8H2,1-5H3/t9-,10-,14+,15-,16-/m1/s1. The van der Waals surface area contributed by atoms with Crippen molar-refractivity contribution in [1.82, 2.24) is 0 Å². The topological polar surface area (TPSA) is 52.6 Å². The number of Topliss-reactive ketones (excluding diaryl/α,β-unsaturated/α-hetero) is 1. The van der Waals surface area contributed by atoms with Crippen molar-refractivity contribution in [2.75, 3.05) is 7.11 Å². The van der Waals surface area contributed by atoms with E-state index in [-0.39, 0.29) is 23.2 Å². The van der Waals surface area contributed by atoms with Crippen LogP contribution in [0.2, 0.25) is 0 Å². The van der Waals surface area contributed by atoms with Crippen molar-refractivity contribution < 1.29 is 19.1 Å². The van der Waals surface area contributed by atoms with E-state index in [2.05, 4.69) is 13.8 Å². The molecule has 4 nitrogen and oxygen atoms in total. The summed E-state index contributed by atoms with van der Waals surface area (Å²) < 4.78 is 11.1. The van der Waals surface area contributed by atoms with Gasteiger partial charge in [-0.05, 0) is 17.3 Å². The average Bonchev–Trinajstić information content (AvgIpc) is 2.79. The molecular weight excluding hydrogens is 256 g/mol. The normalized spacial score (nSPS) is 50.5. The highest BCUT2D eigenvalue weighted by molar-refractivity contribution is 5.92. The molecule has 0 radical (unpaired) electrons. The minimum Gasteiger partial charge on any atom is -0.426 e. The number of methoxy groups -OCH3 is 1. The monoisotopic (exact) mass is 278 g/mol. The molecular formula is C16H22O4. The molecule has 5 atom stereocenters. The van der Waals surface area contributed by atoms with Gasteiger partial charge in [0.1, 0.15) is 5.78 Å². The molecule has 0 bridgehead atoms. The molecule has 0 aromatic rings. The van der Waals surface area contributed by atoms with Gasteiger partial charge in [-0.2, -0.15) is 0 Å². The Bertz CT molecular complexity index is 537. The third-order valence-electron chi connectivity index (χ3n) is 6.59. The molecule has 1 aliphatic heterocycles. The molecule has 3 aliphatic rings. The van der Waals surface area contributed by atoms with Crippen molar-refractivity contribution >= 4 is 11.8 Å². The molecule has 1 heterocycles. The first kappa shape index (κ1) is 13.8. The van der Waals surface area contributed by atoms with Gasteiger partial charge >= 0.3 is 5.97 Å². The van der Waals surface area contributed by atoms with Gasteiger partial charge in [0.2, 0.25) is 5.79 Å². The van der Waals surface area contributed by atoms with Crippen LogP contribution in [0.4, 0.5) is 0 Å². The van der Waals surface area contributed by atoms with E-state index in [4.69, 9.17) is 9.47 Å². The zero-order chi connectivity index (χ0) is 14.9. The number of esters is 1. The van der Waals surface area contributed by atoms with E-state index in [0.717, 1.165) is 5.57 Å². The van der Waals surface area contributed by atoms with Gasteiger partial charge in [0, 0.05) is 37.0 Å². The van der Waals surface area contributed by atoms with Crippen LogP contribution in [0.15, 0.2) is 11.6 Å². The quantitative estimate of drug-likeness (QED) is 0.691. The van der Waals surface area contributed by atoms with E-state index in [9.17, 15) is 9.59 Å². The molecule has 2 aliphatic carbocycles. The number of hydrogen-bond donors (Lipinski definition) is 0. The van der Waals surface area contributed by atoms with Crippen LogP contribution in [0.25, 0.3) is 0 Å². The number of carbonyl (C=O) groups is 2. The van der Waals surface area contributed by atoms with Crippen LogP contribution in [0.1, 0.15) is 40.5 Å². The van der Waals surface area contributed by atoms with Gasteiger partial charge in [-0.1, -0.05) is 27.7 Å². The number of ketones is 1. The maximum atomic E-state index is 12.6. The number of carbonyl (C=O) groups excluding carboxylic acids is 2. The maximum Gasteiger partial charge on any atom is 0.333 e. The van der Waals surface area contributed by atoms with Crippen LogP contribution in [-0.2, 0) is 19.1 Å². The Morgan fingerprint density at radius 2 is 1.95 bits per heavy atom. The smallest absolute Gasteiger partial charge is 0.333 e. The van der Waals surface area contributed by atoms with Crippen molar-refractivity contribution in [1.29, 1.82) is 0 Å². The van der Waals surface area contributed by atoms with E-state index in [1.165, 1.54) is 6.08 Å². The molecule has 4 heteroatoms. The van der Waals surface area contributed by atoms with Crippen LogP contribution in [0, 0.1) is 22.7 Å². The molecule has 0 amide bonds. The number of ether oxygens (including phenoxy) is 2. The molecule has 0 unspecified atom stereocenters. The van der Waals surface area contributed by atoms with Gasteiger partial charge in [0.05, 0.1) is 0 Å². The minimum absolute atomic E-state index is 0.0508. The first-order valence-electron chi connectivity index (χ1n) is 7.25. The summed E-state index contributed by atoms with van der Waals surface area (Å²) in [7, 11) is 1.58. The minimum atomic E-state index is -0.969. The zero-order valence-corrected chi connectivity index (χ0v) is 12.8. The Kier molecular flexibility index (Phi) is 2.57. The van der Waals surface area contributed by atoms with Crippen LogP contribution < -0.4 is 0 Å². The summed E-state index contributed by atoms with van der Waals surface area (Å²) in [6, 6.07) is 0. The molecule has 20 heavy (non-hydrogen) atoms. The largest absolute Gasteiger partial charge is 0.426 e. The average molecular weight is 278 g/mol. The predicted octanol–water partition coefficient (Wildman–Crippen LogP) is 2.47. The van der Waals surface area contributed by atoms with Crippen molar-refractivity contribution in [2.45, 2.75) is 46.3 Å². The molecule has 0 aromatic carbocycles. The second-order valence-electron chi connectivity index (χ2n) is 7.02. The summed E-state index contributed by atoms with van der Waals surface area (Å²) >= 11 is 0. The summed E-state index contributed by atoms with van der Waals surface area (Å²) in [5.74, 6) is -0.824. The lowest BCUT2D eigenvalue weighted by molar-refractivity contribution is -0.230. The van der Waals surface area contributed by atoms with E-state index in [0.29, 0.717) is 18.6 Å². The third kappa shape index (κ3) is 1.26. The van der Waals surface area contributed by atoms with E-state index in [1.807, 2.05) is 13.8 Å². The lowest BCUT2D eigenvalue weighted by Crippen LogP contribution is -2.57. The Morgan fingerprint density at radius 1 is 1.30 bits per heavy atom. The highest BCUT2D eigenvalue weighted by atomic mass is 16.7. The van der Waals surface area contributed by atoms with Crippen molar-refractivity contribution in [3.8, 4) is 0 Å². The third-order valence-corrected chi connectivity index (χ3v) is 6.59. The second kappa shape index (κ2) is 3.73. The van der Waals surface area contributed by atoms with Gasteiger partial charge in [-0.15, -0.1) is 0 Å². The van der Waals surface area contributed by atoms with Crippen molar-refractivity contribution in [2.24, 2.45) is 22.7 Å². The van der Waals surface area contributed by atoms with Crippen LogP contribution >= 0.6 is 0 Å². The number of fused-ring (bicyclic) bond motifs is 2. The fraction of sp³-hybridized carbons (Fsp3) is 0.750. The van der Waals surface area contributed by atoms with Crippen LogP contribution in [-0.4, -0.2) is 24.6 Å². The Morgan fingerprint density at radius 3 is 2.55 bits per heavy atom. The van der Waals surface area contributed by atoms with E-state index >= 15 is 0 Å².